The lowest BCUT2D eigenvalue weighted by Gasteiger charge is -2.34. The highest BCUT2D eigenvalue weighted by Gasteiger charge is 2.45. The molecule has 12 amide bonds. The van der Waals surface area contributed by atoms with Gasteiger partial charge in [0.25, 0.3) is 11.8 Å². The highest BCUT2D eigenvalue weighted by molar-refractivity contribution is 7.85. The van der Waals surface area contributed by atoms with Gasteiger partial charge in [-0.3, -0.25) is 66.6 Å². The minimum Gasteiger partial charge on any atom is -0.506 e. The summed E-state index contributed by atoms with van der Waals surface area (Å²) in [6, 6.07) is -7.88. The van der Waals surface area contributed by atoms with Gasteiger partial charge < -0.3 is 83.5 Å². The number of carbonyl (C=O) groups excluding carboxylic acids is 12. The number of nitrogens with one attached hydrogen (secondary N) is 9. The van der Waals surface area contributed by atoms with Crippen LogP contribution in [-0.4, -0.2) is 216 Å². The van der Waals surface area contributed by atoms with Gasteiger partial charge in [0.1, 0.15) is 52.7 Å². The number of fused-ring (bicyclic) bond motifs is 5. The summed E-state index contributed by atoms with van der Waals surface area (Å²) < 4.78 is 15.3. The third-order valence-electron chi connectivity index (χ3n) is 16.0. The van der Waals surface area contributed by atoms with Gasteiger partial charge in [-0.25, -0.2) is 0 Å². The number of primary amides is 1. The molecule has 464 valence electrons. The van der Waals surface area contributed by atoms with Crippen molar-refractivity contribution in [2.75, 3.05) is 56.5 Å². The Morgan fingerprint density at radius 3 is 2.14 bits per heavy atom. The van der Waals surface area contributed by atoms with Gasteiger partial charge in [0.2, 0.25) is 59.1 Å². The van der Waals surface area contributed by atoms with E-state index in [1.807, 2.05) is 0 Å². The van der Waals surface area contributed by atoms with Gasteiger partial charge in [-0.15, -0.1) is 0 Å². The molecule has 0 radical (unpaired) electrons. The lowest BCUT2D eigenvalue weighted by molar-refractivity contribution is -0.144. The molecule has 1 aromatic heterocycles. The van der Waals surface area contributed by atoms with E-state index in [-0.39, 0.29) is 82.7 Å². The van der Waals surface area contributed by atoms with E-state index in [0.29, 0.717) is 38.5 Å². The topological polar surface area (TPSA) is 451 Å². The molecular formula is C54H75N13O17S. The van der Waals surface area contributed by atoms with Crippen molar-refractivity contribution in [3.8, 4) is 5.75 Å². The number of imide groups is 1. The normalized spacial score (nSPS) is 26.5. The van der Waals surface area contributed by atoms with Crippen LogP contribution in [0, 0.1) is 11.8 Å². The largest absolute Gasteiger partial charge is 0.506 e. The number of hydrogen-bond donors (Lipinski definition) is 14. The monoisotopic (exact) mass is 1210 g/mol. The molecule has 2 saturated heterocycles. The average molecular weight is 1210 g/mol. The van der Waals surface area contributed by atoms with E-state index in [0.717, 1.165) is 9.80 Å². The first-order valence-electron chi connectivity index (χ1n) is 28.3. The van der Waals surface area contributed by atoms with Gasteiger partial charge in [-0.05, 0) is 49.3 Å². The van der Waals surface area contributed by atoms with Crippen LogP contribution in [0.3, 0.4) is 0 Å². The van der Waals surface area contributed by atoms with Crippen molar-refractivity contribution in [1.82, 2.24) is 57.3 Å². The van der Waals surface area contributed by atoms with Gasteiger partial charge >= 0.3 is 0 Å². The maximum atomic E-state index is 15.3. The number of phenolic OH excluding ortho intramolecular Hbond substituents is 1. The molecule has 15 N–H and O–H groups in total. The number of rotatable bonds is 15. The number of nitrogens with two attached hydrogens (primary N) is 1. The highest BCUT2D eigenvalue weighted by atomic mass is 32.2. The second-order valence-electron chi connectivity index (χ2n) is 22.1. The van der Waals surface area contributed by atoms with Crippen LogP contribution in [0.15, 0.2) is 29.3 Å². The van der Waals surface area contributed by atoms with Crippen molar-refractivity contribution >= 4 is 98.3 Å². The van der Waals surface area contributed by atoms with Crippen LogP contribution in [-0.2, 0) is 74.8 Å². The van der Waals surface area contributed by atoms with E-state index in [2.05, 4.69) is 47.5 Å². The number of amides is 12. The Morgan fingerprint density at radius 1 is 0.812 bits per heavy atom. The van der Waals surface area contributed by atoms with Gasteiger partial charge in [0, 0.05) is 74.9 Å². The number of carbonyl (C=O) groups is 12. The Morgan fingerprint density at radius 2 is 1.48 bits per heavy atom. The molecule has 30 nitrogen and oxygen atoms in total. The molecule has 7 rings (SSSR count). The zero-order chi connectivity index (χ0) is 62.0. The molecule has 2 fully saturated rings. The van der Waals surface area contributed by atoms with E-state index in [9.17, 15) is 78.0 Å². The standard InChI is InChI=1S/C54H75N13O17S/c1-4-26(2)44-51(81)57-21-40(74)59-34-25-85(84)53-31(30-9-10-36(70)47(46(30)64-53)65-16-13-28(14-17-65)58-39(73)8-6-5-7-15-66-42(76)11-12-43(66)77)19-32(48(78)56-22-41(75)62-44)60-52(82)45(27(3)37(71)24-68)63-50(80)35-18-29(69)23-67(35)54(83)33(20-38(55)72)61-49(34)79/h9-12,26-29,32-35,37,44-45,64,68-71H,4-8,13-25H2,1-3H3,(H2,55,72)(H,56,78)(H,57,81)(H,58,73)(H,59,74)(H,60,82)(H,61,79)(H,62,75)(H,63,80)/t26-,27+,29+,32+,33-,34+,35-,37+,44-,45-,85?/m0/s1. The lowest BCUT2D eigenvalue weighted by atomic mass is 9.93. The lowest BCUT2D eigenvalue weighted by Crippen LogP contribution is -2.62. The number of anilines is 1. The van der Waals surface area contributed by atoms with E-state index >= 15 is 4.21 Å². The number of aliphatic hydroxyl groups is 3. The Hall–Kier alpha value is -8.03. The fraction of sp³-hybridized carbons (Fsp3) is 0.593. The molecule has 5 aliphatic rings. The third kappa shape index (κ3) is 15.8. The second-order valence-corrected chi connectivity index (χ2v) is 23.5. The van der Waals surface area contributed by atoms with Crippen LogP contribution < -0.4 is 53.2 Å². The van der Waals surface area contributed by atoms with E-state index < -0.39 is 176 Å². The number of piperidine rings is 1. The van der Waals surface area contributed by atoms with Crippen molar-refractivity contribution in [1.29, 1.82) is 0 Å². The van der Waals surface area contributed by atoms with E-state index in [4.69, 9.17) is 5.73 Å². The minimum absolute atomic E-state index is 0.0233. The molecule has 0 aliphatic carbocycles. The van der Waals surface area contributed by atoms with Crippen LogP contribution in [0.1, 0.15) is 84.1 Å². The molecule has 11 atom stereocenters. The predicted octanol–water partition coefficient (Wildman–Crippen LogP) is -5.35. The molecule has 0 saturated carbocycles. The number of benzene rings is 1. The van der Waals surface area contributed by atoms with Crippen LogP contribution in [0.5, 0.6) is 5.75 Å². The zero-order valence-corrected chi connectivity index (χ0v) is 48.1. The van der Waals surface area contributed by atoms with Crippen LogP contribution in [0.4, 0.5) is 5.69 Å². The molecule has 0 spiro atoms. The number of unbranched alkanes of at least 4 members (excludes halogenated alkanes) is 2. The summed E-state index contributed by atoms with van der Waals surface area (Å²) in [5.74, 6) is -13.5. The molecule has 31 heteroatoms. The molecule has 85 heavy (non-hydrogen) atoms. The zero-order valence-electron chi connectivity index (χ0n) is 47.3. The summed E-state index contributed by atoms with van der Waals surface area (Å²) in [6.07, 6.45) is 0.279. The molecule has 1 aromatic carbocycles. The predicted molar refractivity (Wildman–Crippen MR) is 300 cm³/mol. The fourth-order valence-electron chi connectivity index (χ4n) is 11.0. The second kappa shape index (κ2) is 28.7. The Kier molecular flexibility index (Phi) is 21.8. The molecule has 6 heterocycles. The maximum absolute atomic E-state index is 15.3. The number of aromatic nitrogens is 1. The summed E-state index contributed by atoms with van der Waals surface area (Å²) in [5, 5.41) is 63.9. The Labute approximate surface area is 490 Å². The first-order chi connectivity index (χ1) is 40.4. The molecule has 2 aromatic rings. The first-order valence-corrected chi connectivity index (χ1v) is 29.6. The number of hydrogen-bond acceptors (Lipinski definition) is 18. The number of aromatic amines is 1. The number of nitrogens with zero attached hydrogens (tertiary/aromatic N) is 3. The fourth-order valence-corrected chi connectivity index (χ4v) is 12.4. The van der Waals surface area contributed by atoms with Crippen molar-refractivity contribution in [3.05, 3.63) is 29.8 Å². The molecule has 5 aliphatic heterocycles. The third-order valence-corrected chi connectivity index (χ3v) is 17.5. The number of H-pyrrole nitrogens is 1. The summed E-state index contributed by atoms with van der Waals surface area (Å²) in [5.41, 5.74) is 5.92. The van der Waals surface area contributed by atoms with Crippen molar-refractivity contribution < 1.29 is 82.2 Å². The first kappa shape index (κ1) is 64.5. The highest BCUT2D eigenvalue weighted by Crippen LogP contribution is 2.40. The van der Waals surface area contributed by atoms with E-state index in [1.54, 1.807) is 18.7 Å². The summed E-state index contributed by atoms with van der Waals surface area (Å²) in [4.78, 5) is 171. The van der Waals surface area contributed by atoms with Gasteiger partial charge in [0.05, 0.1) is 60.4 Å². The van der Waals surface area contributed by atoms with Crippen molar-refractivity contribution in [2.45, 2.75) is 145 Å². The van der Waals surface area contributed by atoms with Crippen LogP contribution in [0.25, 0.3) is 10.9 Å². The quantitative estimate of drug-likeness (QED) is 0.0585. The SMILES string of the molecule is CC[C@H](C)[C@@H]1NC(=O)CNC(=O)[C@H]2Cc3c([nH]c4c(N5CCC(NC(=O)CCCCCN6C(=O)C=CC6=O)CC5)c(O)ccc34)S(=O)C[C@@H](NC(=O)CNC1=O)C(=O)N[C@@H](CC(N)=O)C(=O)N1C[C@H](O)C[C@H]1C(=O)N[C@@H]([C@H](C)[C@H](O)CO)C(=O)N2. The van der Waals surface area contributed by atoms with Gasteiger partial charge in [0.15, 0.2) is 0 Å². The minimum atomic E-state index is -2.52. The molecule has 1 unspecified atom stereocenters. The average Bonchev–Trinajstić information content (AvgIpc) is 1.97. The number of phenols is 1. The number of aliphatic hydroxyl groups excluding tert-OH is 3. The summed E-state index contributed by atoms with van der Waals surface area (Å²) in [6.45, 7) is 2.29. The maximum Gasteiger partial charge on any atom is 0.253 e. The van der Waals surface area contributed by atoms with Gasteiger partial charge in [-0.1, -0.05) is 33.6 Å². The molecular weight excluding hydrogens is 1130 g/mol. The summed E-state index contributed by atoms with van der Waals surface area (Å²) >= 11 is 0. The van der Waals surface area contributed by atoms with Crippen LogP contribution in [0.2, 0.25) is 0 Å². The van der Waals surface area contributed by atoms with E-state index in [1.165, 1.54) is 31.2 Å². The van der Waals surface area contributed by atoms with Crippen LogP contribution >= 0.6 is 0 Å². The summed E-state index contributed by atoms with van der Waals surface area (Å²) in [7, 11) is -2.52. The number of aromatic hydroxyl groups is 1. The van der Waals surface area contributed by atoms with Crippen molar-refractivity contribution in [3.63, 3.8) is 0 Å². The van der Waals surface area contributed by atoms with Crippen molar-refractivity contribution in [2.24, 2.45) is 17.6 Å². The van der Waals surface area contributed by atoms with Gasteiger partial charge in [-0.2, -0.15) is 0 Å². The Bertz CT molecular complexity index is 2980. The Balaban J connectivity index is 1.30. The smallest absolute Gasteiger partial charge is 0.253 e. The molecule has 2 bridgehead atoms.